The van der Waals surface area contributed by atoms with Crippen LogP contribution in [0.1, 0.15) is 30.9 Å². The molecule has 27 heavy (non-hydrogen) atoms. The first-order chi connectivity index (χ1) is 13.1. The molecule has 2 aliphatic rings. The number of hydrogen-bond donors (Lipinski definition) is 1. The quantitative estimate of drug-likeness (QED) is 0.783. The largest absolute Gasteiger partial charge is 0.359 e. The fourth-order valence-corrected chi connectivity index (χ4v) is 3.91. The van der Waals surface area contributed by atoms with Crippen LogP contribution < -0.4 is 5.32 Å². The van der Waals surface area contributed by atoms with Gasteiger partial charge < -0.3 is 5.32 Å². The number of aryl methyl sites for hydroxylation is 1. The summed E-state index contributed by atoms with van der Waals surface area (Å²) in [7, 11) is 0. The van der Waals surface area contributed by atoms with Gasteiger partial charge in [-0.15, -0.1) is 0 Å². The minimum atomic E-state index is 0.00212. The number of pyridine rings is 1. The van der Waals surface area contributed by atoms with Gasteiger partial charge in [0.05, 0.1) is 6.07 Å². The maximum absolute atomic E-state index is 9.11. The smallest absolute Gasteiger partial charge is 0.0988 e. The lowest BCUT2D eigenvalue weighted by molar-refractivity contribution is 0.426. The molecule has 3 heteroatoms. The molecule has 4 rings (SSSR count). The molecule has 0 bridgehead atoms. The zero-order chi connectivity index (χ0) is 18.9. The molecule has 2 aromatic rings. The normalized spacial score (nSPS) is 21.0. The van der Waals surface area contributed by atoms with E-state index in [0.29, 0.717) is 0 Å². The molecular weight excluding hydrogens is 330 g/mol. The van der Waals surface area contributed by atoms with Crippen molar-refractivity contribution >= 4 is 5.69 Å². The number of fused-ring (bicyclic) bond motifs is 1. The summed E-state index contributed by atoms with van der Waals surface area (Å²) in [6.07, 6.45) is 13.7. The van der Waals surface area contributed by atoms with Gasteiger partial charge in [-0.25, -0.2) is 0 Å². The Morgan fingerprint density at radius 1 is 1.30 bits per heavy atom. The molecule has 3 nitrogen and oxygen atoms in total. The Kier molecular flexibility index (Phi) is 4.41. The average molecular weight is 353 g/mol. The number of hydrogen-bond acceptors (Lipinski definition) is 3. The van der Waals surface area contributed by atoms with E-state index in [9.17, 15) is 0 Å². The second-order valence-corrected chi connectivity index (χ2v) is 7.78. The van der Waals surface area contributed by atoms with Crippen LogP contribution in [0, 0.1) is 16.7 Å². The van der Waals surface area contributed by atoms with Crippen molar-refractivity contribution in [2.24, 2.45) is 5.41 Å². The molecule has 1 aliphatic heterocycles. The van der Waals surface area contributed by atoms with Crippen molar-refractivity contribution in [3.05, 3.63) is 83.9 Å². The van der Waals surface area contributed by atoms with Crippen molar-refractivity contribution in [2.45, 2.75) is 32.6 Å². The van der Waals surface area contributed by atoms with Gasteiger partial charge in [0.1, 0.15) is 0 Å². The van der Waals surface area contributed by atoms with Crippen LogP contribution in [0.2, 0.25) is 0 Å². The second-order valence-electron chi connectivity index (χ2n) is 7.78. The first kappa shape index (κ1) is 17.3. The number of anilines is 1. The number of benzene rings is 1. The van der Waals surface area contributed by atoms with Gasteiger partial charge in [0, 0.05) is 34.9 Å². The van der Waals surface area contributed by atoms with Gasteiger partial charge in [-0.05, 0) is 72.1 Å². The zero-order valence-corrected chi connectivity index (χ0v) is 15.6. The summed E-state index contributed by atoms with van der Waals surface area (Å²) in [4.78, 5) is 4.28. The van der Waals surface area contributed by atoms with Gasteiger partial charge in [-0.3, -0.25) is 4.98 Å². The second kappa shape index (κ2) is 6.89. The van der Waals surface area contributed by atoms with Crippen LogP contribution in [0.5, 0.6) is 0 Å². The molecule has 2 heterocycles. The van der Waals surface area contributed by atoms with Crippen LogP contribution in [-0.2, 0) is 12.8 Å². The summed E-state index contributed by atoms with van der Waals surface area (Å²) in [6, 6.07) is 10.9. The summed E-state index contributed by atoms with van der Waals surface area (Å²) >= 11 is 0. The first-order valence-corrected chi connectivity index (χ1v) is 9.37. The Hall–Kier alpha value is -3.12. The monoisotopic (exact) mass is 353 g/mol. The summed E-state index contributed by atoms with van der Waals surface area (Å²) in [6.45, 7) is 6.40. The van der Waals surface area contributed by atoms with E-state index in [1.54, 1.807) is 6.20 Å². The zero-order valence-electron chi connectivity index (χ0n) is 15.6. The van der Waals surface area contributed by atoms with Crippen LogP contribution in [-0.4, -0.2) is 4.98 Å². The van der Waals surface area contributed by atoms with E-state index in [1.165, 1.54) is 22.4 Å². The van der Waals surface area contributed by atoms with Gasteiger partial charge >= 0.3 is 0 Å². The van der Waals surface area contributed by atoms with Crippen molar-refractivity contribution in [1.29, 1.82) is 5.26 Å². The number of aromatic nitrogens is 1. The lowest BCUT2D eigenvalue weighted by Crippen LogP contribution is -2.20. The maximum atomic E-state index is 9.11. The molecule has 0 saturated heterocycles. The molecule has 1 aromatic carbocycles. The Morgan fingerprint density at radius 3 is 2.89 bits per heavy atom. The molecule has 1 atom stereocenters. The molecule has 134 valence electrons. The number of rotatable bonds is 3. The predicted octanol–water partition coefficient (Wildman–Crippen LogP) is 5.58. The van der Waals surface area contributed by atoms with Gasteiger partial charge in [0.15, 0.2) is 0 Å². The van der Waals surface area contributed by atoms with Crippen LogP contribution in [0.3, 0.4) is 0 Å². The summed E-state index contributed by atoms with van der Waals surface area (Å²) in [5.41, 5.74) is 8.04. The highest BCUT2D eigenvalue weighted by molar-refractivity contribution is 5.73. The van der Waals surface area contributed by atoms with E-state index in [-0.39, 0.29) is 5.41 Å². The minimum Gasteiger partial charge on any atom is -0.359 e. The SMILES string of the molecule is C=C1CCc2cc(-c3cccnc3)cc(CC3(C)C=CC(C#N)=CC3)c2N1. The molecule has 0 fully saturated rings. The van der Waals surface area contributed by atoms with E-state index in [0.717, 1.165) is 42.5 Å². The van der Waals surface area contributed by atoms with Gasteiger partial charge in [-0.2, -0.15) is 5.26 Å². The van der Waals surface area contributed by atoms with E-state index < -0.39 is 0 Å². The molecule has 1 N–H and O–H groups in total. The van der Waals surface area contributed by atoms with E-state index in [4.69, 9.17) is 5.26 Å². The van der Waals surface area contributed by atoms with Gasteiger partial charge in [-0.1, -0.05) is 31.7 Å². The molecule has 1 aliphatic carbocycles. The number of allylic oxidation sites excluding steroid dienone is 5. The minimum absolute atomic E-state index is 0.00212. The molecule has 0 amide bonds. The number of nitrogens with one attached hydrogen (secondary N) is 1. The fraction of sp³-hybridized carbons (Fsp3) is 0.250. The van der Waals surface area contributed by atoms with Crippen molar-refractivity contribution in [2.75, 3.05) is 5.32 Å². The lowest BCUT2D eigenvalue weighted by Gasteiger charge is -2.31. The molecular formula is C24H23N3. The number of nitriles is 1. The van der Waals surface area contributed by atoms with Crippen LogP contribution in [0.25, 0.3) is 11.1 Å². The van der Waals surface area contributed by atoms with E-state index >= 15 is 0 Å². The third-order valence-electron chi connectivity index (χ3n) is 5.47. The fourth-order valence-electron chi connectivity index (χ4n) is 3.91. The van der Waals surface area contributed by atoms with Crippen LogP contribution in [0.15, 0.2) is 72.7 Å². The summed E-state index contributed by atoms with van der Waals surface area (Å²) in [5, 5.41) is 12.6. The van der Waals surface area contributed by atoms with Crippen molar-refractivity contribution < 1.29 is 0 Å². The molecule has 1 unspecified atom stereocenters. The highest BCUT2D eigenvalue weighted by atomic mass is 14.9. The number of nitrogens with zero attached hydrogens (tertiary/aromatic N) is 2. The van der Waals surface area contributed by atoms with E-state index in [1.807, 2.05) is 24.4 Å². The topological polar surface area (TPSA) is 48.7 Å². The molecule has 0 spiro atoms. The maximum Gasteiger partial charge on any atom is 0.0988 e. The van der Waals surface area contributed by atoms with E-state index in [2.05, 4.69) is 54.1 Å². The van der Waals surface area contributed by atoms with Gasteiger partial charge in [0.2, 0.25) is 0 Å². The Morgan fingerprint density at radius 2 is 2.19 bits per heavy atom. The average Bonchev–Trinajstić information content (AvgIpc) is 2.69. The molecule has 0 saturated carbocycles. The Bertz CT molecular complexity index is 992. The van der Waals surface area contributed by atoms with Crippen LogP contribution in [0.4, 0.5) is 5.69 Å². The molecule has 0 radical (unpaired) electrons. The lowest BCUT2D eigenvalue weighted by atomic mass is 9.76. The Labute approximate surface area is 160 Å². The highest BCUT2D eigenvalue weighted by Crippen LogP contribution is 2.40. The highest BCUT2D eigenvalue weighted by Gasteiger charge is 2.26. The third-order valence-corrected chi connectivity index (χ3v) is 5.47. The standard InChI is InChI=1S/C24H23N3/c1-17-5-6-19-12-21(20-4-3-11-26-16-20)13-22(23(19)27-17)14-24(2)9-7-18(15-25)8-10-24/h3-4,7-9,11-13,16,27H,1,5-6,10,14H2,2H3. The summed E-state index contributed by atoms with van der Waals surface area (Å²) < 4.78 is 0. The van der Waals surface area contributed by atoms with Crippen molar-refractivity contribution in [1.82, 2.24) is 4.98 Å². The Balaban J connectivity index is 1.75. The van der Waals surface area contributed by atoms with Gasteiger partial charge in [0.25, 0.3) is 0 Å². The van der Waals surface area contributed by atoms with Crippen molar-refractivity contribution in [3.8, 4) is 17.2 Å². The van der Waals surface area contributed by atoms with Crippen LogP contribution >= 0.6 is 0 Å². The van der Waals surface area contributed by atoms with Crippen molar-refractivity contribution in [3.63, 3.8) is 0 Å². The first-order valence-electron chi connectivity index (χ1n) is 9.37. The summed E-state index contributed by atoms with van der Waals surface area (Å²) in [5.74, 6) is 0. The predicted molar refractivity (Wildman–Crippen MR) is 110 cm³/mol. The molecule has 1 aromatic heterocycles. The third kappa shape index (κ3) is 3.57.